The molecule has 1 aromatic rings. The molecule has 1 aliphatic rings. The van der Waals surface area contributed by atoms with Gasteiger partial charge in [0.05, 0.1) is 25.4 Å². The average Bonchev–Trinajstić information content (AvgIpc) is 3.03. The van der Waals surface area contributed by atoms with Gasteiger partial charge in [0.15, 0.2) is 11.5 Å². The van der Waals surface area contributed by atoms with E-state index in [-0.39, 0.29) is 5.92 Å². The second-order valence-corrected chi connectivity index (χ2v) is 5.13. The van der Waals surface area contributed by atoms with Crippen LogP contribution < -0.4 is 14.2 Å². The summed E-state index contributed by atoms with van der Waals surface area (Å²) in [6, 6.07) is 3.75. The Kier molecular flexibility index (Phi) is 4.43. The first-order chi connectivity index (χ1) is 9.56. The van der Waals surface area contributed by atoms with Gasteiger partial charge in [0.2, 0.25) is 5.75 Å². The van der Waals surface area contributed by atoms with Gasteiger partial charge in [-0.15, -0.1) is 0 Å². The fourth-order valence-electron chi connectivity index (χ4n) is 2.45. The summed E-state index contributed by atoms with van der Waals surface area (Å²) in [7, 11) is 0. The maximum absolute atomic E-state index is 10.5. The van der Waals surface area contributed by atoms with Gasteiger partial charge in [-0.05, 0) is 50.8 Å². The lowest BCUT2D eigenvalue weighted by Gasteiger charge is -2.19. The van der Waals surface area contributed by atoms with Crippen LogP contribution in [0.25, 0.3) is 0 Å². The summed E-state index contributed by atoms with van der Waals surface area (Å²) in [5, 5.41) is 10.5. The zero-order valence-electron chi connectivity index (χ0n) is 12.7. The van der Waals surface area contributed by atoms with Crippen LogP contribution >= 0.6 is 0 Å². The highest BCUT2D eigenvalue weighted by atomic mass is 16.5. The fraction of sp³-hybridized carbons (Fsp3) is 0.625. The fourth-order valence-corrected chi connectivity index (χ4v) is 2.45. The van der Waals surface area contributed by atoms with E-state index in [1.165, 1.54) is 0 Å². The van der Waals surface area contributed by atoms with E-state index in [0.717, 1.165) is 12.0 Å². The number of hydrogen-bond donors (Lipinski definition) is 1. The van der Waals surface area contributed by atoms with Crippen molar-refractivity contribution < 1.29 is 19.3 Å². The van der Waals surface area contributed by atoms with Crippen LogP contribution in [0.5, 0.6) is 17.2 Å². The van der Waals surface area contributed by atoms with E-state index in [1.807, 2.05) is 39.8 Å². The molecule has 0 heterocycles. The molecule has 0 amide bonds. The van der Waals surface area contributed by atoms with Crippen molar-refractivity contribution in [1.82, 2.24) is 0 Å². The molecule has 112 valence electrons. The highest BCUT2D eigenvalue weighted by Gasteiger charge is 2.51. The maximum atomic E-state index is 10.5. The molecular weight excluding hydrogens is 256 g/mol. The van der Waals surface area contributed by atoms with Crippen molar-refractivity contribution in [1.29, 1.82) is 0 Å². The molecule has 20 heavy (non-hydrogen) atoms. The maximum Gasteiger partial charge on any atom is 0.203 e. The van der Waals surface area contributed by atoms with E-state index in [0.29, 0.717) is 37.1 Å². The normalized spacial score (nSPS) is 24.4. The lowest BCUT2D eigenvalue weighted by atomic mass is 10.0. The molecule has 4 heteroatoms. The molecule has 1 saturated carbocycles. The summed E-state index contributed by atoms with van der Waals surface area (Å²) in [4.78, 5) is 0. The zero-order chi connectivity index (χ0) is 14.8. The van der Waals surface area contributed by atoms with Crippen LogP contribution in [0.1, 0.15) is 39.7 Å². The SMILES string of the molecule is CCOc1cc(C2(O)CC2C)cc(OCC)c1OCC. The van der Waals surface area contributed by atoms with Crippen molar-refractivity contribution in [3.05, 3.63) is 17.7 Å². The first kappa shape index (κ1) is 15.0. The Morgan fingerprint density at radius 2 is 1.50 bits per heavy atom. The van der Waals surface area contributed by atoms with Gasteiger partial charge in [-0.25, -0.2) is 0 Å². The predicted molar refractivity (Wildman–Crippen MR) is 77.6 cm³/mol. The number of hydrogen-bond acceptors (Lipinski definition) is 4. The molecule has 2 atom stereocenters. The number of rotatable bonds is 7. The molecule has 0 bridgehead atoms. The van der Waals surface area contributed by atoms with Crippen LogP contribution in [-0.4, -0.2) is 24.9 Å². The Hall–Kier alpha value is -1.42. The Bertz CT molecular complexity index is 445. The van der Waals surface area contributed by atoms with Crippen molar-refractivity contribution >= 4 is 0 Å². The lowest BCUT2D eigenvalue weighted by Crippen LogP contribution is -2.10. The monoisotopic (exact) mass is 280 g/mol. The number of ether oxygens (including phenoxy) is 3. The summed E-state index contributed by atoms with van der Waals surface area (Å²) in [5.41, 5.74) is 0.1000. The average molecular weight is 280 g/mol. The largest absolute Gasteiger partial charge is 0.490 e. The third-order valence-corrected chi connectivity index (χ3v) is 3.68. The smallest absolute Gasteiger partial charge is 0.203 e. The molecular formula is C16H24O4. The molecule has 1 aromatic carbocycles. The molecule has 2 unspecified atom stereocenters. The van der Waals surface area contributed by atoms with Crippen molar-refractivity contribution in [3.8, 4) is 17.2 Å². The minimum Gasteiger partial charge on any atom is -0.490 e. The number of benzene rings is 1. The summed E-state index contributed by atoms with van der Waals surface area (Å²) in [6.45, 7) is 9.45. The first-order valence-corrected chi connectivity index (χ1v) is 7.36. The minimum atomic E-state index is -0.748. The molecule has 1 fully saturated rings. The molecule has 0 spiro atoms. The standard InChI is InChI=1S/C16H24O4/c1-5-18-13-8-12(16(17)10-11(16)4)9-14(19-6-2)15(13)20-7-3/h8-9,11,17H,5-7,10H2,1-4H3. The highest BCUT2D eigenvalue weighted by Crippen LogP contribution is 2.54. The zero-order valence-corrected chi connectivity index (χ0v) is 12.7. The van der Waals surface area contributed by atoms with E-state index in [1.54, 1.807) is 0 Å². The van der Waals surface area contributed by atoms with Crippen LogP contribution in [0, 0.1) is 5.92 Å². The van der Waals surface area contributed by atoms with E-state index >= 15 is 0 Å². The van der Waals surface area contributed by atoms with E-state index in [9.17, 15) is 5.11 Å². The molecule has 1 aliphatic carbocycles. The van der Waals surface area contributed by atoms with Gasteiger partial charge < -0.3 is 19.3 Å². The Labute approximate surface area is 120 Å². The van der Waals surface area contributed by atoms with Crippen molar-refractivity contribution in [2.24, 2.45) is 5.92 Å². The van der Waals surface area contributed by atoms with E-state index in [2.05, 4.69) is 0 Å². The second-order valence-electron chi connectivity index (χ2n) is 5.13. The summed E-state index contributed by atoms with van der Waals surface area (Å²) < 4.78 is 17.0. The van der Waals surface area contributed by atoms with Gasteiger partial charge in [0, 0.05) is 0 Å². The van der Waals surface area contributed by atoms with Crippen molar-refractivity contribution in [3.63, 3.8) is 0 Å². The molecule has 0 aromatic heterocycles. The molecule has 0 saturated heterocycles. The molecule has 2 rings (SSSR count). The van der Waals surface area contributed by atoms with Gasteiger partial charge in [0.1, 0.15) is 0 Å². The van der Waals surface area contributed by atoms with E-state index in [4.69, 9.17) is 14.2 Å². The summed E-state index contributed by atoms with van der Waals surface area (Å²) in [5.74, 6) is 2.17. The van der Waals surface area contributed by atoms with Gasteiger partial charge in [-0.2, -0.15) is 0 Å². The predicted octanol–water partition coefficient (Wildman–Crippen LogP) is 3.11. The summed E-state index contributed by atoms with van der Waals surface area (Å²) >= 11 is 0. The molecule has 0 radical (unpaired) electrons. The topological polar surface area (TPSA) is 47.9 Å². The molecule has 1 N–H and O–H groups in total. The molecule has 4 nitrogen and oxygen atoms in total. The minimum absolute atomic E-state index is 0.268. The van der Waals surface area contributed by atoms with Crippen molar-refractivity contribution in [2.75, 3.05) is 19.8 Å². The van der Waals surface area contributed by atoms with Crippen LogP contribution in [0.2, 0.25) is 0 Å². The molecule has 0 aliphatic heterocycles. The van der Waals surface area contributed by atoms with Crippen LogP contribution in [0.15, 0.2) is 12.1 Å². The Morgan fingerprint density at radius 3 is 1.85 bits per heavy atom. The summed E-state index contributed by atoms with van der Waals surface area (Å²) in [6.07, 6.45) is 0.776. The van der Waals surface area contributed by atoms with Gasteiger partial charge >= 0.3 is 0 Å². The number of aliphatic hydroxyl groups is 1. The van der Waals surface area contributed by atoms with Crippen LogP contribution in [0.3, 0.4) is 0 Å². The van der Waals surface area contributed by atoms with Crippen LogP contribution in [0.4, 0.5) is 0 Å². The quantitative estimate of drug-likeness (QED) is 0.833. The van der Waals surface area contributed by atoms with Crippen LogP contribution in [-0.2, 0) is 5.60 Å². The second kappa shape index (κ2) is 5.92. The van der Waals surface area contributed by atoms with Gasteiger partial charge in [-0.1, -0.05) is 6.92 Å². The third kappa shape index (κ3) is 2.70. The van der Waals surface area contributed by atoms with E-state index < -0.39 is 5.60 Å². The van der Waals surface area contributed by atoms with Crippen molar-refractivity contribution in [2.45, 2.75) is 39.7 Å². The van der Waals surface area contributed by atoms with Gasteiger partial charge in [0.25, 0.3) is 0 Å². The Balaban J connectivity index is 2.45. The third-order valence-electron chi connectivity index (χ3n) is 3.68. The lowest BCUT2D eigenvalue weighted by molar-refractivity contribution is 0.133. The van der Waals surface area contributed by atoms with Gasteiger partial charge in [-0.3, -0.25) is 0 Å². The highest BCUT2D eigenvalue weighted by molar-refractivity contribution is 5.56. The Morgan fingerprint density at radius 1 is 1.05 bits per heavy atom. The first-order valence-electron chi connectivity index (χ1n) is 7.36.